The van der Waals surface area contributed by atoms with Gasteiger partial charge in [-0.15, -0.1) is 13.2 Å². The SMILES string of the molecule is CCN(C[C@H](C)C#N)C(=O)[C@@H]1C[C@@H]1c1ccccc1OC(F)(F)F. The highest BCUT2D eigenvalue weighted by Crippen LogP contribution is 2.51. The maximum Gasteiger partial charge on any atom is 0.573 e. The van der Waals surface area contributed by atoms with Crippen LogP contribution in [0.2, 0.25) is 0 Å². The largest absolute Gasteiger partial charge is 0.573 e. The number of hydrogen-bond acceptors (Lipinski definition) is 3. The molecule has 0 bridgehead atoms. The first-order chi connectivity index (χ1) is 11.3. The summed E-state index contributed by atoms with van der Waals surface area (Å²) in [5, 5.41) is 8.88. The molecule has 3 atom stereocenters. The number of amides is 1. The van der Waals surface area contributed by atoms with Gasteiger partial charge in [0.05, 0.1) is 12.0 Å². The second kappa shape index (κ2) is 7.12. The molecule has 1 aromatic rings. The lowest BCUT2D eigenvalue weighted by molar-refractivity contribution is -0.274. The van der Waals surface area contributed by atoms with Crippen LogP contribution in [0.15, 0.2) is 24.3 Å². The standard InChI is InChI=1S/C17H19F3N2O2/c1-3-22(10-11(2)9-21)16(23)14-8-13(14)12-6-4-5-7-15(12)24-17(18,19)20/h4-7,11,13-14H,3,8,10H2,1-2H3/t11-,13-,14-/m1/s1. The molecule has 24 heavy (non-hydrogen) atoms. The molecular weight excluding hydrogens is 321 g/mol. The fraction of sp³-hybridized carbons (Fsp3) is 0.529. The smallest absolute Gasteiger partial charge is 0.405 e. The van der Waals surface area contributed by atoms with E-state index >= 15 is 0 Å². The van der Waals surface area contributed by atoms with Crippen LogP contribution in [0.4, 0.5) is 13.2 Å². The number of benzene rings is 1. The Bertz CT molecular complexity index is 639. The van der Waals surface area contributed by atoms with Crippen LogP contribution in [0, 0.1) is 23.2 Å². The molecule has 7 heteroatoms. The molecular formula is C17H19F3N2O2. The van der Waals surface area contributed by atoms with E-state index < -0.39 is 6.36 Å². The summed E-state index contributed by atoms with van der Waals surface area (Å²) in [7, 11) is 0. The lowest BCUT2D eigenvalue weighted by Crippen LogP contribution is -2.35. The molecule has 1 aliphatic carbocycles. The molecule has 1 fully saturated rings. The predicted octanol–water partition coefficient (Wildman–Crippen LogP) is 3.70. The number of hydrogen-bond donors (Lipinski definition) is 0. The molecule has 130 valence electrons. The Labute approximate surface area is 138 Å². The molecule has 0 saturated heterocycles. The molecule has 1 saturated carbocycles. The highest BCUT2D eigenvalue weighted by atomic mass is 19.4. The van der Waals surface area contributed by atoms with E-state index in [0.29, 0.717) is 25.1 Å². The Hall–Kier alpha value is -2.23. The van der Waals surface area contributed by atoms with Gasteiger partial charge < -0.3 is 9.64 Å². The van der Waals surface area contributed by atoms with Crippen LogP contribution < -0.4 is 4.74 Å². The van der Waals surface area contributed by atoms with Gasteiger partial charge in [-0.3, -0.25) is 4.79 Å². The van der Waals surface area contributed by atoms with Gasteiger partial charge >= 0.3 is 6.36 Å². The first-order valence-electron chi connectivity index (χ1n) is 7.79. The van der Waals surface area contributed by atoms with Gasteiger partial charge in [-0.05, 0) is 37.8 Å². The number of para-hydroxylation sites is 1. The van der Waals surface area contributed by atoms with E-state index in [1.165, 1.54) is 12.1 Å². The number of nitriles is 1. The van der Waals surface area contributed by atoms with E-state index in [4.69, 9.17) is 5.26 Å². The fourth-order valence-electron chi connectivity index (χ4n) is 2.80. The summed E-state index contributed by atoms with van der Waals surface area (Å²) >= 11 is 0. The van der Waals surface area contributed by atoms with Crippen molar-refractivity contribution in [2.75, 3.05) is 13.1 Å². The topological polar surface area (TPSA) is 53.3 Å². The van der Waals surface area contributed by atoms with E-state index in [1.54, 1.807) is 24.0 Å². The minimum atomic E-state index is -4.76. The molecule has 2 rings (SSSR count). The molecule has 0 unspecified atom stereocenters. The Morgan fingerprint density at radius 1 is 1.46 bits per heavy atom. The van der Waals surface area contributed by atoms with Crippen molar-refractivity contribution in [1.29, 1.82) is 5.26 Å². The number of nitrogens with zero attached hydrogens (tertiary/aromatic N) is 2. The first kappa shape index (κ1) is 18.1. The van der Waals surface area contributed by atoms with E-state index in [0.717, 1.165) is 0 Å². The Balaban J connectivity index is 2.10. The van der Waals surface area contributed by atoms with Gasteiger partial charge in [0, 0.05) is 19.0 Å². The van der Waals surface area contributed by atoms with E-state index in [9.17, 15) is 18.0 Å². The fourth-order valence-corrected chi connectivity index (χ4v) is 2.80. The second-order valence-corrected chi connectivity index (χ2v) is 5.94. The molecule has 0 aromatic heterocycles. The number of alkyl halides is 3. The van der Waals surface area contributed by atoms with E-state index in [1.807, 2.05) is 6.92 Å². The molecule has 0 radical (unpaired) electrons. The summed E-state index contributed by atoms with van der Waals surface area (Å²) in [5.74, 6) is -1.28. The van der Waals surface area contributed by atoms with Crippen molar-refractivity contribution in [2.45, 2.75) is 32.5 Å². The van der Waals surface area contributed by atoms with Crippen LogP contribution in [0.3, 0.4) is 0 Å². The van der Waals surface area contributed by atoms with Gasteiger partial charge in [-0.25, -0.2) is 0 Å². The van der Waals surface area contributed by atoms with Crippen molar-refractivity contribution >= 4 is 5.91 Å². The zero-order chi connectivity index (χ0) is 17.9. The molecule has 4 nitrogen and oxygen atoms in total. The summed E-state index contributed by atoms with van der Waals surface area (Å²) in [4.78, 5) is 14.1. The number of halogens is 3. The van der Waals surface area contributed by atoms with Gasteiger partial charge in [0.2, 0.25) is 5.91 Å². The minimum Gasteiger partial charge on any atom is -0.405 e. The van der Waals surface area contributed by atoms with Crippen LogP contribution in [0.5, 0.6) is 5.75 Å². The Kier molecular flexibility index (Phi) is 5.37. The van der Waals surface area contributed by atoms with Crippen LogP contribution in [-0.2, 0) is 4.79 Å². The molecule has 0 aliphatic heterocycles. The lowest BCUT2D eigenvalue weighted by Gasteiger charge is -2.22. The Morgan fingerprint density at radius 3 is 2.71 bits per heavy atom. The second-order valence-electron chi connectivity index (χ2n) is 5.94. The van der Waals surface area contributed by atoms with Gasteiger partial charge in [-0.2, -0.15) is 5.26 Å². The maximum absolute atomic E-state index is 12.5. The summed E-state index contributed by atoms with van der Waals surface area (Å²) in [5.41, 5.74) is 0.401. The van der Waals surface area contributed by atoms with Crippen molar-refractivity contribution in [2.24, 2.45) is 11.8 Å². The summed E-state index contributed by atoms with van der Waals surface area (Å²) < 4.78 is 41.6. The quantitative estimate of drug-likeness (QED) is 0.793. The highest BCUT2D eigenvalue weighted by Gasteiger charge is 2.47. The number of ether oxygens (including phenoxy) is 1. The minimum absolute atomic E-state index is 0.119. The van der Waals surface area contributed by atoms with Crippen molar-refractivity contribution in [1.82, 2.24) is 4.90 Å². The van der Waals surface area contributed by atoms with E-state index in [-0.39, 0.29) is 29.4 Å². The van der Waals surface area contributed by atoms with Gasteiger partial charge in [0.25, 0.3) is 0 Å². The number of carbonyl (C=O) groups is 1. The average molecular weight is 340 g/mol. The molecule has 1 amide bonds. The zero-order valence-corrected chi connectivity index (χ0v) is 13.5. The van der Waals surface area contributed by atoms with Crippen LogP contribution >= 0.6 is 0 Å². The molecule has 1 aliphatic rings. The van der Waals surface area contributed by atoms with Crippen LogP contribution in [0.25, 0.3) is 0 Å². The van der Waals surface area contributed by atoms with Crippen molar-refractivity contribution in [3.05, 3.63) is 29.8 Å². The van der Waals surface area contributed by atoms with Crippen LogP contribution in [-0.4, -0.2) is 30.3 Å². The summed E-state index contributed by atoms with van der Waals surface area (Å²) in [6.45, 7) is 4.34. The zero-order valence-electron chi connectivity index (χ0n) is 13.5. The summed E-state index contributed by atoms with van der Waals surface area (Å²) in [6, 6.07) is 8.01. The average Bonchev–Trinajstić information content (AvgIpc) is 3.31. The third-order valence-electron chi connectivity index (χ3n) is 4.06. The molecule has 0 spiro atoms. The summed E-state index contributed by atoms with van der Waals surface area (Å²) in [6.07, 6.45) is -4.27. The molecule has 0 N–H and O–H groups in total. The van der Waals surface area contributed by atoms with Crippen molar-refractivity contribution in [3.63, 3.8) is 0 Å². The monoisotopic (exact) mass is 340 g/mol. The van der Waals surface area contributed by atoms with Crippen molar-refractivity contribution in [3.8, 4) is 11.8 Å². The van der Waals surface area contributed by atoms with E-state index in [2.05, 4.69) is 10.8 Å². The maximum atomic E-state index is 12.5. The van der Waals surface area contributed by atoms with Gasteiger partial charge in [-0.1, -0.05) is 18.2 Å². The lowest BCUT2D eigenvalue weighted by atomic mass is 10.1. The van der Waals surface area contributed by atoms with Crippen molar-refractivity contribution < 1.29 is 22.7 Å². The third-order valence-corrected chi connectivity index (χ3v) is 4.06. The van der Waals surface area contributed by atoms with Gasteiger partial charge in [0.15, 0.2) is 0 Å². The van der Waals surface area contributed by atoms with Gasteiger partial charge in [0.1, 0.15) is 5.75 Å². The normalized spacial score (nSPS) is 20.8. The third kappa shape index (κ3) is 4.40. The number of rotatable bonds is 6. The number of carbonyl (C=O) groups excluding carboxylic acids is 1. The van der Waals surface area contributed by atoms with Crippen LogP contribution in [0.1, 0.15) is 31.7 Å². The first-order valence-corrected chi connectivity index (χ1v) is 7.79. The highest BCUT2D eigenvalue weighted by molar-refractivity contribution is 5.83. The molecule has 1 aromatic carbocycles. The Morgan fingerprint density at radius 2 is 2.12 bits per heavy atom. The predicted molar refractivity (Wildman–Crippen MR) is 81.0 cm³/mol. The molecule has 0 heterocycles.